The average molecular weight is 365 g/mol. The molecule has 5 nitrogen and oxygen atoms in total. The number of carbonyl (C=O) groups excluding carboxylic acids is 1. The summed E-state index contributed by atoms with van der Waals surface area (Å²) in [4.78, 5) is 18.6. The normalized spacial score (nSPS) is 23.4. The van der Waals surface area contributed by atoms with Crippen molar-refractivity contribution < 1.29 is 13.6 Å². The fourth-order valence-electron chi connectivity index (χ4n) is 4.38. The van der Waals surface area contributed by atoms with Gasteiger partial charge >= 0.3 is 0 Å². The molecule has 1 N–H and O–H groups in total. The molecule has 27 heavy (non-hydrogen) atoms. The number of benzene rings is 1. The van der Waals surface area contributed by atoms with Crippen molar-refractivity contribution in [1.29, 1.82) is 0 Å². The molecule has 2 fully saturated rings. The Kier molecular flexibility index (Phi) is 3.85. The lowest BCUT2D eigenvalue weighted by Crippen LogP contribution is -2.27. The number of hydrogen-bond donors (Lipinski definition) is 1. The third-order valence-electron chi connectivity index (χ3n) is 5.87. The lowest BCUT2D eigenvalue weighted by molar-refractivity contribution is 0.0926. The molecule has 2 aromatic heterocycles. The summed E-state index contributed by atoms with van der Waals surface area (Å²) in [6.45, 7) is 2.69. The van der Waals surface area contributed by atoms with E-state index in [0.717, 1.165) is 30.6 Å². The van der Waals surface area contributed by atoms with Crippen molar-refractivity contribution in [3.05, 3.63) is 60.4 Å². The van der Waals surface area contributed by atoms with Crippen molar-refractivity contribution in [2.45, 2.75) is 6.42 Å². The van der Waals surface area contributed by atoms with Gasteiger partial charge in [0, 0.05) is 36.9 Å². The molecule has 6 heteroatoms. The fourth-order valence-corrected chi connectivity index (χ4v) is 4.38. The van der Waals surface area contributed by atoms with Crippen molar-refractivity contribution in [3.63, 3.8) is 0 Å². The van der Waals surface area contributed by atoms with Gasteiger partial charge in [-0.1, -0.05) is 0 Å². The number of nitrogens with one attached hydrogen (secondary N) is 1. The van der Waals surface area contributed by atoms with E-state index in [1.807, 2.05) is 18.2 Å². The molecule has 2 unspecified atom stereocenters. The number of furan rings is 1. The van der Waals surface area contributed by atoms with Crippen LogP contribution in [-0.2, 0) is 0 Å². The molecular formula is C21H20FN3O2. The van der Waals surface area contributed by atoms with Crippen molar-refractivity contribution >= 4 is 22.6 Å². The zero-order valence-electron chi connectivity index (χ0n) is 14.8. The second kappa shape index (κ2) is 6.37. The number of carbonyl (C=O) groups is 1. The highest BCUT2D eigenvalue weighted by molar-refractivity contribution is 5.95. The van der Waals surface area contributed by atoms with Gasteiger partial charge in [-0.05, 0) is 60.6 Å². The van der Waals surface area contributed by atoms with Crippen LogP contribution in [0.2, 0.25) is 0 Å². The van der Waals surface area contributed by atoms with Crippen LogP contribution in [0.4, 0.5) is 10.1 Å². The van der Waals surface area contributed by atoms with Crippen molar-refractivity contribution in [2.24, 2.45) is 17.8 Å². The summed E-state index contributed by atoms with van der Waals surface area (Å²) >= 11 is 0. The Morgan fingerprint density at radius 1 is 1.22 bits per heavy atom. The third-order valence-corrected chi connectivity index (χ3v) is 5.87. The van der Waals surface area contributed by atoms with E-state index in [1.165, 1.54) is 12.1 Å². The zero-order chi connectivity index (χ0) is 18.4. The maximum Gasteiger partial charge on any atom is 0.287 e. The summed E-state index contributed by atoms with van der Waals surface area (Å²) in [5.41, 5.74) is 1.72. The molecule has 3 heterocycles. The molecule has 2 atom stereocenters. The number of anilines is 1. The van der Waals surface area contributed by atoms with E-state index in [9.17, 15) is 9.18 Å². The highest BCUT2D eigenvalue weighted by Crippen LogP contribution is 2.54. The number of pyridine rings is 1. The monoisotopic (exact) mass is 365 g/mol. The minimum absolute atomic E-state index is 0.176. The number of piperidine rings is 1. The average Bonchev–Trinajstić information content (AvgIpc) is 3.06. The molecule has 1 saturated heterocycles. The molecule has 138 valence electrons. The van der Waals surface area contributed by atoms with Crippen molar-refractivity contribution in [2.75, 3.05) is 24.5 Å². The Morgan fingerprint density at radius 2 is 2.00 bits per heavy atom. The summed E-state index contributed by atoms with van der Waals surface area (Å²) in [5, 5.41) is 3.84. The summed E-state index contributed by atoms with van der Waals surface area (Å²) in [5.74, 6) is 1.99. The van der Waals surface area contributed by atoms with Gasteiger partial charge in [-0.15, -0.1) is 0 Å². The third kappa shape index (κ3) is 3.05. The van der Waals surface area contributed by atoms with Crippen LogP contribution in [0.3, 0.4) is 0 Å². The summed E-state index contributed by atoms with van der Waals surface area (Å²) in [6, 6.07) is 10.3. The van der Waals surface area contributed by atoms with E-state index in [0.29, 0.717) is 35.6 Å². The first-order valence-electron chi connectivity index (χ1n) is 9.31. The van der Waals surface area contributed by atoms with Crippen LogP contribution in [0.15, 0.2) is 53.2 Å². The minimum atomic E-state index is -0.197. The number of halogens is 1. The Hall–Kier alpha value is -2.89. The Morgan fingerprint density at radius 3 is 2.74 bits per heavy atom. The lowest BCUT2D eigenvalue weighted by atomic mass is 10.2. The predicted molar refractivity (Wildman–Crippen MR) is 100 cm³/mol. The van der Waals surface area contributed by atoms with Gasteiger partial charge in [0.1, 0.15) is 5.82 Å². The quantitative estimate of drug-likeness (QED) is 0.752. The number of aromatic nitrogens is 1. The van der Waals surface area contributed by atoms with Gasteiger partial charge in [0.2, 0.25) is 0 Å². The molecule has 1 aliphatic carbocycles. The molecule has 1 aliphatic heterocycles. The molecular weight excluding hydrogens is 345 g/mol. The number of amides is 1. The number of hydrogen-bond acceptors (Lipinski definition) is 4. The highest BCUT2D eigenvalue weighted by atomic mass is 19.1. The van der Waals surface area contributed by atoms with E-state index < -0.39 is 0 Å². The minimum Gasteiger partial charge on any atom is -0.449 e. The molecule has 1 saturated carbocycles. The number of nitrogens with zero attached hydrogens (tertiary/aromatic N) is 2. The first kappa shape index (κ1) is 16.3. The molecule has 0 radical (unpaired) electrons. The van der Waals surface area contributed by atoms with E-state index >= 15 is 0 Å². The Labute approximate surface area is 156 Å². The topological polar surface area (TPSA) is 58.4 Å². The van der Waals surface area contributed by atoms with Gasteiger partial charge in [0.05, 0.1) is 6.20 Å². The second-order valence-corrected chi connectivity index (χ2v) is 7.44. The van der Waals surface area contributed by atoms with Crippen LogP contribution in [0.5, 0.6) is 0 Å². The molecule has 0 spiro atoms. The molecule has 3 aromatic rings. The van der Waals surface area contributed by atoms with E-state index in [-0.39, 0.29) is 11.7 Å². The van der Waals surface area contributed by atoms with Gasteiger partial charge in [-0.2, -0.15) is 0 Å². The van der Waals surface area contributed by atoms with Crippen LogP contribution < -0.4 is 10.2 Å². The standard InChI is InChI=1S/C21H20FN3O2/c22-14-1-3-15(4-2-14)25-11-17-16(18(17)12-25)6-8-24-21(26)19-9-13-5-7-23-10-20(13)27-19/h1-5,7,9-10,16-18H,6,8,11-12H2,(H,24,26). The number of fused-ring (bicyclic) bond motifs is 2. The Balaban J connectivity index is 1.10. The SMILES string of the molecule is O=C(NCCC1C2CN(c3ccc(F)cc3)CC12)c1cc2ccncc2o1. The van der Waals surface area contributed by atoms with Crippen LogP contribution in [0.25, 0.3) is 11.0 Å². The summed E-state index contributed by atoms with van der Waals surface area (Å²) in [7, 11) is 0. The van der Waals surface area contributed by atoms with Crippen molar-refractivity contribution in [3.8, 4) is 0 Å². The van der Waals surface area contributed by atoms with Crippen LogP contribution in [0, 0.1) is 23.6 Å². The van der Waals surface area contributed by atoms with E-state index in [2.05, 4.69) is 15.2 Å². The van der Waals surface area contributed by atoms with E-state index in [4.69, 9.17) is 4.42 Å². The van der Waals surface area contributed by atoms with Gasteiger partial charge in [-0.3, -0.25) is 9.78 Å². The van der Waals surface area contributed by atoms with E-state index in [1.54, 1.807) is 18.5 Å². The lowest BCUT2D eigenvalue weighted by Gasteiger charge is -2.22. The van der Waals surface area contributed by atoms with Gasteiger partial charge in [-0.25, -0.2) is 4.39 Å². The summed E-state index contributed by atoms with van der Waals surface area (Å²) < 4.78 is 18.6. The molecule has 0 bridgehead atoms. The van der Waals surface area contributed by atoms with Crippen LogP contribution in [0.1, 0.15) is 17.0 Å². The number of rotatable bonds is 5. The smallest absolute Gasteiger partial charge is 0.287 e. The van der Waals surface area contributed by atoms with Crippen LogP contribution >= 0.6 is 0 Å². The first-order valence-corrected chi connectivity index (χ1v) is 9.31. The first-order chi connectivity index (χ1) is 13.2. The highest BCUT2D eigenvalue weighted by Gasteiger charge is 2.54. The maximum absolute atomic E-state index is 13.0. The van der Waals surface area contributed by atoms with Crippen LogP contribution in [-0.4, -0.2) is 30.5 Å². The molecule has 2 aliphatic rings. The van der Waals surface area contributed by atoms with Gasteiger partial charge in [0.25, 0.3) is 5.91 Å². The zero-order valence-corrected chi connectivity index (χ0v) is 14.8. The second-order valence-electron chi connectivity index (χ2n) is 7.44. The largest absolute Gasteiger partial charge is 0.449 e. The van der Waals surface area contributed by atoms with Crippen molar-refractivity contribution in [1.82, 2.24) is 10.3 Å². The molecule has 1 aromatic carbocycles. The molecule has 5 rings (SSSR count). The fraction of sp³-hybridized carbons (Fsp3) is 0.333. The van der Waals surface area contributed by atoms with Gasteiger partial charge < -0.3 is 14.6 Å². The Bertz CT molecular complexity index is 940. The predicted octanol–water partition coefficient (Wildman–Crippen LogP) is 3.47. The molecule has 1 amide bonds. The summed E-state index contributed by atoms with van der Waals surface area (Å²) in [6.07, 6.45) is 4.28. The maximum atomic E-state index is 13.0. The van der Waals surface area contributed by atoms with Gasteiger partial charge in [0.15, 0.2) is 11.3 Å².